The predicted molar refractivity (Wildman–Crippen MR) is 73.0 cm³/mol. The molecule has 0 spiro atoms. The van der Waals surface area contributed by atoms with Gasteiger partial charge in [-0.15, -0.1) is 0 Å². The van der Waals surface area contributed by atoms with Crippen molar-refractivity contribution in [2.45, 2.75) is 24.4 Å². The van der Waals surface area contributed by atoms with E-state index in [1.165, 1.54) is 6.92 Å². The average molecular weight is 321 g/mol. The number of carboxylic acid groups (broad SMARTS) is 1. The van der Waals surface area contributed by atoms with Crippen LogP contribution >= 0.6 is 10.7 Å². The number of amides is 2. The number of carboxylic acids is 1. The van der Waals surface area contributed by atoms with Crippen molar-refractivity contribution in [1.29, 1.82) is 0 Å². The zero-order chi connectivity index (χ0) is 15.6. The molecule has 0 aromatic carbocycles. The molecule has 1 aliphatic heterocycles. The Hall–Kier alpha value is -1.67. The van der Waals surface area contributed by atoms with E-state index in [9.17, 15) is 18.6 Å². The van der Waals surface area contributed by atoms with Gasteiger partial charge in [0.15, 0.2) is 11.4 Å². The van der Waals surface area contributed by atoms with Gasteiger partial charge in [0.05, 0.1) is 0 Å². The summed E-state index contributed by atoms with van der Waals surface area (Å²) in [6.07, 6.45) is 0.942. The van der Waals surface area contributed by atoms with Crippen molar-refractivity contribution >= 4 is 38.5 Å². The Morgan fingerprint density at radius 1 is 1.60 bits per heavy atom. The van der Waals surface area contributed by atoms with Crippen LogP contribution in [-0.2, 0) is 24.4 Å². The fraction of sp³-hybridized carbons (Fsp3) is 0.364. The van der Waals surface area contributed by atoms with Crippen LogP contribution in [-0.4, -0.2) is 49.5 Å². The van der Waals surface area contributed by atoms with Crippen LogP contribution in [0, 0.1) is 0 Å². The van der Waals surface area contributed by atoms with Crippen LogP contribution in [0.2, 0.25) is 0 Å². The highest BCUT2D eigenvalue weighted by Crippen LogP contribution is 2.30. The Kier molecular flexibility index (Phi) is 5.07. The maximum atomic E-state index is 12.0. The zero-order valence-electron chi connectivity index (χ0n) is 10.5. The molecular formula is C11H13ClN2O5S. The van der Waals surface area contributed by atoms with Crippen molar-refractivity contribution in [2.75, 3.05) is 0 Å². The number of hydrogen-bond acceptors (Lipinski definition) is 4. The monoisotopic (exact) mass is 320 g/mol. The van der Waals surface area contributed by atoms with E-state index in [1.807, 2.05) is 0 Å². The van der Waals surface area contributed by atoms with E-state index in [1.54, 1.807) is 0 Å². The van der Waals surface area contributed by atoms with Gasteiger partial charge in [-0.05, 0) is 29.3 Å². The number of rotatable bonds is 6. The molecule has 1 heterocycles. The Bertz CT molecular complexity index is 507. The fourth-order valence-corrected chi connectivity index (χ4v) is 3.24. The van der Waals surface area contributed by atoms with E-state index in [2.05, 4.69) is 18.5 Å². The van der Waals surface area contributed by atoms with Gasteiger partial charge in [0.25, 0.3) is 0 Å². The second-order valence-corrected chi connectivity index (χ2v) is 6.05. The van der Waals surface area contributed by atoms with Gasteiger partial charge >= 0.3 is 5.97 Å². The van der Waals surface area contributed by atoms with Gasteiger partial charge in [0.2, 0.25) is 11.8 Å². The highest BCUT2D eigenvalue weighted by atomic mass is 35.7. The molecule has 1 aliphatic rings. The quantitative estimate of drug-likeness (QED) is 0.304. The molecule has 0 aliphatic carbocycles. The Balaban J connectivity index is 3.05. The molecule has 20 heavy (non-hydrogen) atoms. The minimum atomic E-state index is -2.05. The Morgan fingerprint density at radius 3 is 2.50 bits per heavy atom. The third-order valence-electron chi connectivity index (χ3n) is 2.73. The molecule has 0 aromatic heterocycles. The summed E-state index contributed by atoms with van der Waals surface area (Å²) in [5.41, 5.74) is 0.187. The molecule has 4 atom stereocenters. The fourth-order valence-electron chi connectivity index (χ4n) is 1.87. The molecule has 7 nitrogen and oxygen atoms in total. The minimum absolute atomic E-state index is 0.187. The molecule has 110 valence electrons. The van der Waals surface area contributed by atoms with Crippen molar-refractivity contribution in [3.05, 3.63) is 24.8 Å². The van der Waals surface area contributed by atoms with Gasteiger partial charge in [0.1, 0.15) is 16.1 Å². The number of nitrogens with zero attached hydrogens (tertiary/aromatic N) is 1. The van der Waals surface area contributed by atoms with Crippen molar-refractivity contribution in [1.82, 2.24) is 10.2 Å². The van der Waals surface area contributed by atoms with Gasteiger partial charge < -0.3 is 15.3 Å². The molecule has 1 saturated heterocycles. The normalized spacial score (nSPS) is 24.3. The summed E-state index contributed by atoms with van der Waals surface area (Å²) in [5.74, 6) is -2.64. The van der Waals surface area contributed by atoms with E-state index >= 15 is 0 Å². The van der Waals surface area contributed by atoms with Crippen LogP contribution in [0.15, 0.2) is 24.8 Å². The topological polar surface area (TPSA) is 104 Å². The summed E-state index contributed by atoms with van der Waals surface area (Å²) in [6, 6.07) is -2.48. The van der Waals surface area contributed by atoms with Crippen LogP contribution in [0.5, 0.6) is 0 Å². The van der Waals surface area contributed by atoms with Gasteiger partial charge in [-0.1, -0.05) is 13.2 Å². The summed E-state index contributed by atoms with van der Waals surface area (Å²) < 4.78 is 11.5. The van der Waals surface area contributed by atoms with Gasteiger partial charge in [0, 0.05) is 0 Å². The van der Waals surface area contributed by atoms with Gasteiger partial charge in [-0.25, -0.2) is 9.00 Å². The number of likely N-dealkylation sites (tertiary alicyclic amines) is 1. The molecule has 9 heteroatoms. The van der Waals surface area contributed by atoms with E-state index in [0.717, 1.165) is 11.0 Å². The first-order chi connectivity index (χ1) is 9.22. The number of hydrogen-bond donors (Lipinski definition) is 2. The highest BCUT2D eigenvalue weighted by molar-refractivity contribution is 8.08. The lowest BCUT2D eigenvalue weighted by atomic mass is 9.99. The smallest absolute Gasteiger partial charge is 0.330 e. The second kappa shape index (κ2) is 6.19. The van der Waals surface area contributed by atoms with E-state index in [0.29, 0.717) is 0 Å². The molecular weight excluding hydrogens is 308 g/mol. The van der Waals surface area contributed by atoms with E-state index in [-0.39, 0.29) is 5.57 Å². The molecule has 0 saturated carbocycles. The van der Waals surface area contributed by atoms with Gasteiger partial charge in [-0.3, -0.25) is 9.59 Å². The van der Waals surface area contributed by atoms with Crippen LogP contribution in [0.3, 0.4) is 0 Å². The largest absolute Gasteiger partial charge is 0.479 e. The number of aliphatic carboxylic acids is 1. The number of carbonyl (C=O) groups is 3. The maximum Gasteiger partial charge on any atom is 0.330 e. The maximum absolute atomic E-state index is 12.0. The van der Waals surface area contributed by atoms with Crippen LogP contribution in [0.4, 0.5) is 0 Å². The molecule has 1 fully saturated rings. The minimum Gasteiger partial charge on any atom is -0.479 e. The SMILES string of the molecule is C=CC(=O)NC1C(=O)N(C(C(=C)C)C(=O)O)C1S(=O)Cl. The number of halogens is 1. The van der Waals surface area contributed by atoms with Crippen LogP contribution < -0.4 is 5.32 Å². The summed E-state index contributed by atoms with van der Waals surface area (Å²) in [5, 5.41) is 10.2. The molecule has 2 N–H and O–H groups in total. The first kappa shape index (κ1) is 16.4. The number of β-lactam (4-membered cyclic amide) rings is 1. The summed E-state index contributed by atoms with van der Waals surface area (Å²) in [7, 11) is 3.44. The van der Waals surface area contributed by atoms with Crippen LogP contribution in [0.25, 0.3) is 0 Å². The molecule has 4 unspecified atom stereocenters. The Labute approximate surface area is 122 Å². The number of carbonyl (C=O) groups excluding carboxylic acids is 2. The second-order valence-electron chi connectivity index (χ2n) is 4.16. The van der Waals surface area contributed by atoms with Crippen molar-refractivity contribution < 1.29 is 23.7 Å². The van der Waals surface area contributed by atoms with E-state index < -0.39 is 45.3 Å². The summed E-state index contributed by atoms with van der Waals surface area (Å²) in [4.78, 5) is 35.2. The summed E-state index contributed by atoms with van der Waals surface area (Å²) >= 11 is 0. The molecule has 0 aromatic rings. The molecule has 0 bridgehead atoms. The predicted octanol–water partition coefficient (Wildman–Crippen LogP) is -0.243. The third kappa shape index (κ3) is 2.91. The zero-order valence-corrected chi connectivity index (χ0v) is 12.1. The molecule has 1 rings (SSSR count). The molecule has 0 radical (unpaired) electrons. The van der Waals surface area contributed by atoms with Crippen LogP contribution in [0.1, 0.15) is 6.92 Å². The van der Waals surface area contributed by atoms with Crippen molar-refractivity contribution in [3.63, 3.8) is 0 Å². The van der Waals surface area contributed by atoms with Gasteiger partial charge in [-0.2, -0.15) is 0 Å². The first-order valence-electron chi connectivity index (χ1n) is 5.42. The lowest BCUT2D eigenvalue weighted by Crippen LogP contribution is -2.74. The number of nitrogens with one attached hydrogen (secondary N) is 1. The molecule has 2 amide bonds. The standard InChI is InChI=1S/C11H13ClN2O5S/c1-4-6(15)13-7-9(16)14(10(7)20(12)19)8(5(2)3)11(17)18/h4,7-8,10H,1-2H2,3H3,(H,13,15)(H,17,18). The first-order valence-corrected chi connectivity index (χ1v) is 7.46. The lowest BCUT2D eigenvalue weighted by Gasteiger charge is -2.47. The van der Waals surface area contributed by atoms with Crippen molar-refractivity contribution in [3.8, 4) is 0 Å². The highest BCUT2D eigenvalue weighted by Gasteiger charge is 2.55. The lowest BCUT2D eigenvalue weighted by molar-refractivity contribution is -0.159. The van der Waals surface area contributed by atoms with Crippen molar-refractivity contribution in [2.24, 2.45) is 0 Å². The summed E-state index contributed by atoms with van der Waals surface area (Å²) in [6.45, 7) is 8.14. The third-order valence-corrected chi connectivity index (χ3v) is 4.16. The van der Waals surface area contributed by atoms with E-state index in [4.69, 9.17) is 15.8 Å². The average Bonchev–Trinajstić information content (AvgIpc) is 2.34. The Morgan fingerprint density at radius 2 is 2.15 bits per heavy atom.